The van der Waals surface area contributed by atoms with Crippen LogP contribution < -0.4 is 9.80 Å². The molecule has 7 heteroatoms. The summed E-state index contributed by atoms with van der Waals surface area (Å²) in [6.07, 6.45) is 0. The molecule has 0 saturated carbocycles. The number of anilines is 6. The fourth-order valence-corrected chi connectivity index (χ4v) is 22.0. The molecule has 0 aliphatic heterocycles. The van der Waals surface area contributed by atoms with Gasteiger partial charge in [0.25, 0.3) is 0 Å². The Morgan fingerprint density at radius 2 is 0.477 bits per heavy atom. The van der Waals surface area contributed by atoms with Crippen LogP contribution in [0.2, 0.25) is 0 Å². The summed E-state index contributed by atoms with van der Waals surface area (Å²) in [6, 6.07) is 164. The normalized spacial score (nSPS) is 12.6. The molecule has 0 bridgehead atoms. The first-order valence-corrected chi connectivity index (χ1v) is 44.9. The molecule has 0 fully saturated rings. The van der Waals surface area contributed by atoms with Crippen LogP contribution in [0.1, 0.15) is 25.0 Å². The van der Waals surface area contributed by atoms with E-state index in [2.05, 4.69) is 478 Å². The Morgan fingerprint density at radius 3 is 0.900 bits per heavy atom. The molecular weight excluding hydrogens is 1580 g/mol. The van der Waals surface area contributed by atoms with Gasteiger partial charge in [-0.05, 0) is 249 Å². The molecule has 0 unspecified atom stereocenters. The van der Waals surface area contributed by atoms with Crippen molar-refractivity contribution in [3.05, 3.63) is 460 Å². The molecule has 0 N–H and O–H groups in total. The summed E-state index contributed by atoms with van der Waals surface area (Å²) in [6.45, 7) is 4.70. The summed E-state index contributed by atoms with van der Waals surface area (Å²) in [5.41, 5.74) is 37.9. The van der Waals surface area contributed by atoms with Crippen molar-refractivity contribution in [2.24, 2.45) is 0 Å². The second-order valence-electron chi connectivity index (χ2n) is 35.4. The van der Waals surface area contributed by atoms with Crippen molar-refractivity contribution in [1.29, 1.82) is 0 Å². The van der Waals surface area contributed by atoms with Crippen molar-refractivity contribution in [2.45, 2.75) is 19.3 Å². The van der Waals surface area contributed by atoms with Crippen molar-refractivity contribution in [3.8, 4) is 67.0 Å². The van der Waals surface area contributed by atoms with Gasteiger partial charge in [-0.15, -0.1) is 0 Å². The molecule has 0 radical (unpaired) electrons. The van der Waals surface area contributed by atoms with E-state index in [1.165, 1.54) is 175 Å². The number of benzene rings is 20. The van der Waals surface area contributed by atoms with Crippen LogP contribution in [0.3, 0.4) is 0 Å². The molecule has 27 aromatic rings. The number of furan rings is 1. The van der Waals surface area contributed by atoms with Crippen LogP contribution in [0.25, 0.3) is 209 Å². The third-order valence-corrected chi connectivity index (χ3v) is 28.1. The maximum atomic E-state index is 6.27. The molecular formula is C123H80N6O. The van der Waals surface area contributed by atoms with E-state index in [4.69, 9.17) is 4.42 Å². The molecule has 0 amide bonds. The van der Waals surface area contributed by atoms with Gasteiger partial charge in [-0.2, -0.15) is 0 Å². The Balaban J connectivity index is 0.000000134. The molecule has 0 atom stereocenters. The largest absolute Gasteiger partial charge is 0.456 e. The molecule has 0 spiro atoms. The van der Waals surface area contributed by atoms with Crippen molar-refractivity contribution in [3.63, 3.8) is 0 Å². The van der Waals surface area contributed by atoms with Gasteiger partial charge in [0.05, 0.1) is 55.2 Å². The predicted molar refractivity (Wildman–Crippen MR) is 547 cm³/mol. The van der Waals surface area contributed by atoms with E-state index in [1.807, 2.05) is 12.1 Å². The second kappa shape index (κ2) is 28.5. The number of hydrogen-bond acceptors (Lipinski definition) is 3. The minimum Gasteiger partial charge on any atom is -0.456 e. The van der Waals surface area contributed by atoms with Crippen molar-refractivity contribution >= 4 is 176 Å². The first-order valence-electron chi connectivity index (χ1n) is 44.9. The zero-order valence-electron chi connectivity index (χ0n) is 71.3. The summed E-state index contributed by atoms with van der Waals surface area (Å²) < 4.78 is 15.9. The first-order chi connectivity index (χ1) is 64.2. The standard InChI is InChI=1S/C63H43N3.C60H37N3O/c1-63(2)56-18-7-3-12-48(56)49-36-26-43(39-57(49)63)41-24-30-45(31-25-41)64(46-32-34-47(35-33-46)65-58-19-8-4-13-50(58)51-14-5-9-20-59(51)65)44-28-22-40(23-29-44)42-27-37-61-55(38-42)54-17-11-16-53-52-15-6-10-21-60(52)66(61)62(53)54;1-5-16-54-46(10-1)47-11-2-6-17-55(47)62(54)45-32-30-44(31-33-45)61(43-28-22-39(23-29-43)41-24-34-50-49-13-4-8-19-58(49)64-59(50)37-41)42-26-20-38(21-27-42)40-25-35-57-53(36-40)52-15-9-14-51-48-12-3-7-18-56(48)63(57)60(51)52/h3-39H,1-2H3;1-37H. The zero-order valence-corrected chi connectivity index (χ0v) is 71.3. The molecule has 1 aliphatic rings. The lowest BCUT2D eigenvalue weighted by molar-refractivity contribution is 0.660. The van der Waals surface area contributed by atoms with Gasteiger partial charge in [0.1, 0.15) is 11.2 Å². The van der Waals surface area contributed by atoms with Crippen molar-refractivity contribution in [1.82, 2.24) is 17.9 Å². The van der Waals surface area contributed by atoms with E-state index in [9.17, 15) is 0 Å². The topological polar surface area (TPSA) is 38.3 Å². The number of aromatic nitrogens is 4. The SMILES string of the molecule is CC1(C)c2ccccc2-c2ccc(-c3ccc(N(c4ccc(-c5ccc6c(c5)c5cccc7c8ccccc8n6c75)cc4)c4ccc(-n5c6ccccc6c6ccccc65)cc4)cc3)cc21.c1ccc2c(c1)oc1cc(-c3ccc(N(c4ccc(-c5ccc6c(c5)c5cccc7c8ccccc8n6c75)cc4)c4ccc(-n5c6ccccc6c6ccccc65)cc4)cc3)ccc12. The lowest BCUT2D eigenvalue weighted by Crippen LogP contribution is -2.14. The minimum absolute atomic E-state index is 0.0508. The van der Waals surface area contributed by atoms with Gasteiger partial charge >= 0.3 is 0 Å². The number of nitrogens with zero attached hydrogens (tertiary/aromatic N) is 6. The molecule has 7 nitrogen and oxygen atoms in total. The minimum atomic E-state index is -0.0508. The first kappa shape index (κ1) is 73.4. The molecule has 28 rings (SSSR count). The summed E-state index contributed by atoms with van der Waals surface area (Å²) >= 11 is 0. The summed E-state index contributed by atoms with van der Waals surface area (Å²) in [7, 11) is 0. The van der Waals surface area contributed by atoms with Crippen molar-refractivity contribution in [2.75, 3.05) is 9.80 Å². The van der Waals surface area contributed by atoms with E-state index in [0.29, 0.717) is 0 Å². The maximum Gasteiger partial charge on any atom is 0.136 e. The van der Waals surface area contributed by atoms with Gasteiger partial charge in [-0.25, -0.2) is 0 Å². The van der Waals surface area contributed by atoms with Gasteiger partial charge in [0, 0.05) is 126 Å². The average Bonchev–Trinajstić information content (AvgIpc) is 1.55. The molecule has 0 saturated heterocycles. The number of rotatable bonds is 12. The third-order valence-electron chi connectivity index (χ3n) is 28.1. The van der Waals surface area contributed by atoms with Gasteiger partial charge in [-0.3, -0.25) is 0 Å². The van der Waals surface area contributed by atoms with E-state index < -0.39 is 0 Å². The zero-order chi connectivity index (χ0) is 85.6. The lowest BCUT2D eigenvalue weighted by atomic mass is 9.81. The highest BCUT2D eigenvalue weighted by Gasteiger charge is 2.36. The molecule has 608 valence electrons. The molecule has 1 aliphatic carbocycles. The van der Waals surface area contributed by atoms with Crippen LogP contribution in [0.5, 0.6) is 0 Å². The van der Waals surface area contributed by atoms with Gasteiger partial charge in [-0.1, -0.05) is 281 Å². The summed E-state index contributed by atoms with van der Waals surface area (Å²) in [4.78, 5) is 4.74. The Kier molecular flexibility index (Phi) is 16.1. The molecule has 7 aromatic heterocycles. The van der Waals surface area contributed by atoms with Crippen LogP contribution >= 0.6 is 0 Å². The van der Waals surface area contributed by atoms with E-state index >= 15 is 0 Å². The highest BCUT2D eigenvalue weighted by atomic mass is 16.3. The predicted octanol–water partition coefficient (Wildman–Crippen LogP) is 33.7. The van der Waals surface area contributed by atoms with E-state index in [1.54, 1.807) is 0 Å². The fraction of sp³-hybridized carbons (Fsp3) is 0.0244. The monoisotopic (exact) mass is 1660 g/mol. The molecule has 7 heterocycles. The Bertz CT molecular complexity index is 9140. The van der Waals surface area contributed by atoms with Crippen molar-refractivity contribution < 1.29 is 4.42 Å². The third kappa shape index (κ3) is 11.2. The van der Waals surface area contributed by atoms with Gasteiger partial charge in [0.2, 0.25) is 0 Å². The summed E-state index contributed by atoms with van der Waals surface area (Å²) in [5, 5.41) is 17.7. The fourth-order valence-electron chi connectivity index (χ4n) is 22.0. The van der Waals surface area contributed by atoms with Crippen LogP contribution in [-0.2, 0) is 5.41 Å². The number of para-hydroxylation sites is 9. The Hall–Kier alpha value is -17.0. The second-order valence-corrected chi connectivity index (χ2v) is 35.4. The van der Waals surface area contributed by atoms with Crippen LogP contribution in [0, 0.1) is 0 Å². The van der Waals surface area contributed by atoms with Gasteiger partial charge < -0.3 is 32.2 Å². The maximum absolute atomic E-state index is 6.27. The van der Waals surface area contributed by atoms with Crippen LogP contribution in [-0.4, -0.2) is 17.9 Å². The number of fused-ring (bicyclic) bond motifs is 24. The summed E-state index contributed by atoms with van der Waals surface area (Å²) in [5.74, 6) is 0. The molecule has 130 heavy (non-hydrogen) atoms. The lowest BCUT2D eigenvalue weighted by Gasteiger charge is -2.26. The van der Waals surface area contributed by atoms with E-state index in [-0.39, 0.29) is 5.41 Å². The van der Waals surface area contributed by atoms with Crippen LogP contribution in [0.4, 0.5) is 34.1 Å². The Morgan fingerprint density at radius 1 is 0.192 bits per heavy atom. The highest BCUT2D eigenvalue weighted by molar-refractivity contribution is 6.25. The highest BCUT2D eigenvalue weighted by Crippen LogP contribution is 2.52. The average molecular weight is 1660 g/mol. The Labute approximate surface area is 749 Å². The van der Waals surface area contributed by atoms with E-state index in [0.717, 1.165) is 78.6 Å². The van der Waals surface area contributed by atoms with Gasteiger partial charge in [0.15, 0.2) is 0 Å². The molecule has 20 aromatic carbocycles. The smallest absolute Gasteiger partial charge is 0.136 e. The quantitative estimate of drug-likeness (QED) is 0.122. The number of hydrogen-bond donors (Lipinski definition) is 0. The van der Waals surface area contributed by atoms with Crippen LogP contribution in [0.15, 0.2) is 453 Å².